The molecule has 0 radical (unpaired) electrons. The lowest BCUT2D eigenvalue weighted by atomic mass is 10.2. The van der Waals surface area contributed by atoms with Crippen LogP contribution in [-0.4, -0.2) is 51.4 Å². The highest BCUT2D eigenvalue weighted by Gasteiger charge is 2.38. The van der Waals surface area contributed by atoms with Crippen molar-refractivity contribution in [1.29, 1.82) is 0 Å². The van der Waals surface area contributed by atoms with Crippen molar-refractivity contribution < 1.29 is 8.42 Å². The molecule has 9 heteroatoms. The van der Waals surface area contributed by atoms with Gasteiger partial charge in [0.2, 0.25) is 5.95 Å². The van der Waals surface area contributed by atoms with Gasteiger partial charge in [-0.15, -0.1) is 0 Å². The van der Waals surface area contributed by atoms with Gasteiger partial charge in [0.1, 0.15) is 0 Å². The van der Waals surface area contributed by atoms with E-state index < -0.39 is 10.0 Å². The predicted octanol–water partition coefficient (Wildman–Crippen LogP) is 0.739. The molecular weight excluding hydrogens is 304 g/mol. The molecule has 0 saturated carbocycles. The summed E-state index contributed by atoms with van der Waals surface area (Å²) in [5.74, 6) is 0.508. The summed E-state index contributed by atoms with van der Waals surface area (Å²) in [6.45, 7) is 4.72. The third-order valence-electron chi connectivity index (χ3n) is 3.53. The van der Waals surface area contributed by atoms with E-state index in [1.54, 1.807) is 35.6 Å². The molecule has 0 aromatic carbocycles. The number of nitrogens with one attached hydrogen (secondary N) is 1. The fourth-order valence-electron chi connectivity index (χ4n) is 2.15. The number of rotatable bonds is 5. The Morgan fingerprint density at radius 1 is 1.23 bits per heavy atom. The van der Waals surface area contributed by atoms with Gasteiger partial charge in [0, 0.05) is 37.7 Å². The Morgan fingerprint density at radius 3 is 2.50 bits per heavy atom. The van der Waals surface area contributed by atoms with E-state index in [2.05, 4.69) is 20.3 Å². The minimum Gasteiger partial charge on any atom is -0.349 e. The summed E-state index contributed by atoms with van der Waals surface area (Å²) in [6, 6.07) is 1.93. The van der Waals surface area contributed by atoms with E-state index >= 15 is 0 Å². The summed E-state index contributed by atoms with van der Waals surface area (Å²) < 4.78 is 28.1. The highest BCUT2D eigenvalue weighted by Crippen LogP contribution is 2.22. The zero-order valence-electron chi connectivity index (χ0n) is 12.4. The third kappa shape index (κ3) is 2.81. The molecule has 8 nitrogen and oxygen atoms in total. The number of aromatic nitrogens is 4. The molecule has 3 rings (SSSR count). The van der Waals surface area contributed by atoms with Crippen LogP contribution in [0.2, 0.25) is 0 Å². The van der Waals surface area contributed by atoms with E-state index in [0.29, 0.717) is 19.0 Å². The molecule has 0 aliphatic carbocycles. The van der Waals surface area contributed by atoms with E-state index in [-0.39, 0.29) is 17.1 Å². The van der Waals surface area contributed by atoms with Crippen LogP contribution in [0.15, 0.2) is 36.0 Å². The van der Waals surface area contributed by atoms with Crippen molar-refractivity contribution in [3.05, 3.63) is 31.0 Å². The highest BCUT2D eigenvalue weighted by molar-refractivity contribution is 7.89. The first-order chi connectivity index (χ1) is 10.5. The minimum absolute atomic E-state index is 0.0179. The van der Waals surface area contributed by atoms with Crippen molar-refractivity contribution in [3.63, 3.8) is 0 Å². The average Bonchev–Trinajstić information content (AvgIpc) is 2.94. The van der Waals surface area contributed by atoms with Crippen molar-refractivity contribution in [2.24, 2.45) is 0 Å². The molecule has 1 N–H and O–H groups in total. The van der Waals surface area contributed by atoms with Crippen LogP contribution < -0.4 is 5.32 Å². The molecule has 2 aromatic rings. The second kappa shape index (κ2) is 5.65. The number of sulfonamides is 1. The van der Waals surface area contributed by atoms with Gasteiger partial charge in [0.25, 0.3) is 10.0 Å². The smallest absolute Gasteiger partial charge is 0.262 e. The average molecular weight is 322 g/mol. The summed E-state index contributed by atoms with van der Waals surface area (Å²) in [6.07, 6.45) is 6.40. The molecule has 0 amide bonds. The largest absolute Gasteiger partial charge is 0.349 e. The number of imidazole rings is 1. The van der Waals surface area contributed by atoms with Gasteiger partial charge in [-0.05, 0) is 19.9 Å². The Morgan fingerprint density at radius 2 is 1.91 bits per heavy atom. The van der Waals surface area contributed by atoms with Crippen LogP contribution in [0.1, 0.15) is 19.9 Å². The lowest BCUT2D eigenvalue weighted by molar-refractivity contribution is 0.279. The quantitative estimate of drug-likeness (QED) is 0.873. The van der Waals surface area contributed by atoms with Crippen LogP contribution in [0.3, 0.4) is 0 Å². The van der Waals surface area contributed by atoms with E-state index in [4.69, 9.17) is 0 Å². The molecular formula is C13H18N6O2S. The topological polar surface area (TPSA) is 93.0 Å². The van der Waals surface area contributed by atoms with Crippen LogP contribution >= 0.6 is 0 Å². The first-order valence-corrected chi connectivity index (χ1v) is 8.48. The zero-order valence-corrected chi connectivity index (χ0v) is 13.2. The third-order valence-corrected chi connectivity index (χ3v) is 5.24. The maximum atomic E-state index is 12.4. The molecule has 1 aliphatic heterocycles. The summed E-state index contributed by atoms with van der Waals surface area (Å²) in [4.78, 5) is 12.1. The number of hydrogen-bond donors (Lipinski definition) is 1. The summed E-state index contributed by atoms with van der Waals surface area (Å²) in [5, 5.41) is 3.19. The van der Waals surface area contributed by atoms with Crippen LogP contribution in [0.5, 0.6) is 0 Å². The standard InChI is InChI=1S/C13H18N6O2S/c1-10(2)18-8-12(16-9-18)22(20,21)19-6-11(7-19)17-13-14-4-3-5-15-13/h3-5,8-11H,6-7H2,1-2H3,(H,14,15,17). The van der Waals surface area contributed by atoms with Crippen LogP contribution in [0.4, 0.5) is 5.95 Å². The Kier molecular flexibility index (Phi) is 3.83. The number of anilines is 1. The summed E-state index contributed by atoms with van der Waals surface area (Å²) in [5.41, 5.74) is 0. The van der Waals surface area contributed by atoms with Crippen molar-refractivity contribution in [1.82, 2.24) is 23.8 Å². The Hall–Kier alpha value is -2.00. The summed E-state index contributed by atoms with van der Waals surface area (Å²) >= 11 is 0. The van der Waals surface area contributed by atoms with Gasteiger partial charge >= 0.3 is 0 Å². The molecule has 1 aliphatic rings. The Bertz CT molecular complexity index is 737. The molecule has 0 unspecified atom stereocenters. The van der Waals surface area contributed by atoms with Gasteiger partial charge in [-0.25, -0.2) is 23.4 Å². The Labute approximate surface area is 129 Å². The minimum atomic E-state index is -3.52. The van der Waals surface area contributed by atoms with Crippen molar-refractivity contribution in [2.45, 2.75) is 31.0 Å². The van der Waals surface area contributed by atoms with Gasteiger partial charge < -0.3 is 9.88 Å². The van der Waals surface area contributed by atoms with Gasteiger partial charge in [-0.1, -0.05) is 0 Å². The van der Waals surface area contributed by atoms with Crippen LogP contribution in [0, 0.1) is 0 Å². The van der Waals surface area contributed by atoms with E-state index in [1.807, 2.05) is 13.8 Å². The summed E-state index contributed by atoms with van der Waals surface area (Å²) in [7, 11) is -3.52. The van der Waals surface area contributed by atoms with E-state index in [9.17, 15) is 8.42 Å². The molecule has 118 valence electrons. The van der Waals surface area contributed by atoms with E-state index in [0.717, 1.165) is 0 Å². The molecule has 1 saturated heterocycles. The molecule has 2 aromatic heterocycles. The van der Waals surface area contributed by atoms with Gasteiger partial charge in [0.05, 0.1) is 12.4 Å². The lowest BCUT2D eigenvalue weighted by Crippen LogP contribution is -2.57. The molecule has 0 bridgehead atoms. The van der Waals surface area contributed by atoms with Crippen molar-refractivity contribution in [3.8, 4) is 0 Å². The molecule has 0 spiro atoms. The first-order valence-electron chi connectivity index (χ1n) is 7.04. The SMILES string of the molecule is CC(C)n1cnc(S(=O)(=O)N2CC(Nc3ncccn3)C2)c1. The monoisotopic (exact) mass is 322 g/mol. The van der Waals surface area contributed by atoms with Gasteiger partial charge in [-0.2, -0.15) is 4.31 Å². The lowest BCUT2D eigenvalue weighted by Gasteiger charge is -2.37. The zero-order chi connectivity index (χ0) is 15.7. The molecule has 1 fully saturated rings. The second-order valence-corrected chi connectivity index (χ2v) is 7.37. The Balaban J connectivity index is 1.63. The van der Waals surface area contributed by atoms with Crippen molar-refractivity contribution >= 4 is 16.0 Å². The van der Waals surface area contributed by atoms with Crippen LogP contribution in [0.25, 0.3) is 0 Å². The van der Waals surface area contributed by atoms with E-state index in [1.165, 1.54) is 4.31 Å². The van der Waals surface area contributed by atoms with Gasteiger partial charge in [0.15, 0.2) is 5.03 Å². The molecule has 3 heterocycles. The normalized spacial score (nSPS) is 16.7. The van der Waals surface area contributed by atoms with Gasteiger partial charge in [-0.3, -0.25) is 0 Å². The highest BCUT2D eigenvalue weighted by atomic mass is 32.2. The first kappa shape index (κ1) is 14.9. The predicted molar refractivity (Wildman–Crippen MR) is 80.8 cm³/mol. The van der Waals surface area contributed by atoms with Crippen LogP contribution in [-0.2, 0) is 10.0 Å². The number of hydrogen-bond acceptors (Lipinski definition) is 6. The fraction of sp³-hybridized carbons (Fsp3) is 0.462. The molecule has 0 atom stereocenters. The maximum Gasteiger partial charge on any atom is 0.262 e. The van der Waals surface area contributed by atoms with Crippen molar-refractivity contribution in [2.75, 3.05) is 18.4 Å². The molecule has 22 heavy (non-hydrogen) atoms. The fourth-order valence-corrected chi connectivity index (χ4v) is 3.60. The second-order valence-electron chi connectivity index (χ2n) is 5.49. The maximum absolute atomic E-state index is 12.4. The number of nitrogens with zero attached hydrogens (tertiary/aromatic N) is 5.